The Labute approximate surface area is 299 Å². The molecule has 2 aromatic carbocycles. The summed E-state index contributed by atoms with van der Waals surface area (Å²) < 4.78 is 93.0. The third-order valence-electron chi connectivity index (χ3n) is 10.1. The highest BCUT2D eigenvalue weighted by Crippen LogP contribution is 2.48. The largest absolute Gasteiger partial charge is 0.467 e. The van der Waals surface area contributed by atoms with Gasteiger partial charge in [0.2, 0.25) is 0 Å². The molecular formula is C36H35F6N7O2S. The molecule has 0 spiro atoms. The van der Waals surface area contributed by atoms with Crippen LogP contribution in [0.15, 0.2) is 18.2 Å². The van der Waals surface area contributed by atoms with Crippen LogP contribution in [0.3, 0.4) is 0 Å². The van der Waals surface area contributed by atoms with Crippen LogP contribution in [0.4, 0.5) is 37.2 Å². The molecule has 3 aliphatic heterocycles. The van der Waals surface area contributed by atoms with Gasteiger partial charge < -0.3 is 20.3 Å². The van der Waals surface area contributed by atoms with E-state index in [1.54, 1.807) is 29.8 Å². The number of aromatic nitrogens is 2. The average Bonchev–Trinajstić information content (AvgIpc) is 3.87. The summed E-state index contributed by atoms with van der Waals surface area (Å²) in [6.07, 6.45) is -1.83. The van der Waals surface area contributed by atoms with Crippen LogP contribution >= 0.6 is 11.3 Å². The Bertz CT molecular complexity index is 2140. The second-order valence-corrected chi connectivity index (χ2v) is 14.1. The lowest BCUT2D eigenvalue weighted by atomic mass is 9.92. The zero-order valence-electron chi connectivity index (χ0n) is 28.7. The Morgan fingerprint density at radius 2 is 1.94 bits per heavy atom. The number of hydrogen-bond acceptors (Lipinski definition) is 9. The predicted molar refractivity (Wildman–Crippen MR) is 186 cm³/mol. The first-order chi connectivity index (χ1) is 24.7. The van der Waals surface area contributed by atoms with Gasteiger partial charge in [-0.1, -0.05) is 12.0 Å². The topological polar surface area (TPSA) is 112 Å². The van der Waals surface area contributed by atoms with Crippen molar-refractivity contribution in [2.75, 3.05) is 44.4 Å². The Morgan fingerprint density at radius 1 is 1.19 bits per heavy atom. The third-order valence-corrected chi connectivity index (χ3v) is 11.1. The molecule has 4 aromatic rings. The maximum atomic E-state index is 16.5. The number of likely N-dealkylation sites (N-methyl/N-ethyl adjacent to an activating group) is 1. The predicted octanol–water partition coefficient (Wildman–Crippen LogP) is 6.91. The molecule has 274 valence electrons. The second-order valence-electron chi connectivity index (χ2n) is 13.0. The maximum absolute atomic E-state index is 16.5. The number of nitriles is 1. The number of fused-ring (bicyclic) bond motifs is 3. The van der Waals surface area contributed by atoms with E-state index in [1.165, 1.54) is 26.9 Å². The number of nitrogens with zero attached hydrogens (tertiary/aromatic N) is 6. The quantitative estimate of drug-likeness (QED) is 0.177. The van der Waals surface area contributed by atoms with Gasteiger partial charge >= 0.3 is 12.2 Å². The van der Waals surface area contributed by atoms with Crippen molar-refractivity contribution in [2.24, 2.45) is 0 Å². The van der Waals surface area contributed by atoms with Gasteiger partial charge in [0.05, 0.1) is 35.0 Å². The zero-order valence-corrected chi connectivity index (χ0v) is 29.6. The number of ether oxygens (including phenoxy) is 1. The number of halogens is 6. The number of carbonyl (C=O) groups excluding carboxylic acids is 1. The van der Waals surface area contributed by atoms with E-state index in [0.717, 1.165) is 31.2 Å². The minimum absolute atomic E-state index is 0.0488. The molecule has 3 aliphatic rings. The fourth-order valence-corrected chi connectivity index (χ4v) is 8.59. The van der Waals surface area contributed by atoms with Crippen LogP contribution in [0, 0.1) is 34.8 Å². The van der Waals surface area contributed by atoms with Crippen molar-refractivity contribution in [1.29, 1.82) is 5.26 Å². The summed E-state index contributed by atoms with van der Waals surface area (Å²) in [5.41, 5.74) is 2.48. The van der Waals surface area contributed by atoms with Crippen molar-refractivity contribution in [2.45, 2.75) is 70.0 Å². The minimum Gasteiger partial charge on any atom is -0.467 e. The molecule has 7 rings (SSSR count). The van der Waals surface area contributed by atoms with E-state index >= 15 is 4.39 Å². The number of benzene rings is 2. The van der Waals surface area contributed by atoms with Crippen LogP contribution in [0.1, 0.15) is 50.7 Å². The molecule has 16 heteroatoms. The van der Waals surface area contributed by atoms with Gasteiger partial charge in [0.1, 0.15) is 34.4 Å². The summed E-state index contributed by atoms with van der Waals surface area (Å²) in [6, 6.07) is 3.91. The number of likely N-dealkylation sites (tertiary alicyclic amines) is 1. The fourth-order valence-electron chi connectivity index (χ4n) is 7.64. The number of nitrogen functional groups attached to an aromatic ring is 1. The van der Waals surface area contributed by atoms with E-state index in [4.69, 9.17) is 10.5 Å². The zero-order chi connectivity index (χ0) is 37.6. The van der Waals surface area contributed by atoms with Gasteiger partial charge in [-0.3, -0.25) is 9.69 Å². The van der Waals surface area contributed by atoms with E-state index < -0.39 is 52.7 Å². The van der Waals surface area contributed by atoms with Gasteiger partial charge in [-0.2, -0.15) is 28.4 Å². The van der Waals surface area contributed by atoms with E-state index in [9.17, 15) is 32.0 Å². The Kier molecular flexibility index (Phi) is 10.2. The van der Waals surface area contributed by atoms with Crippen molar-refractivity contribution in [1.82, 2.24) is 19.8 Å². The molecular weight excluding hydrogens is 708 g/mol. The Hall–Kier alpha value is -4.80. The molecule has 3 fully saturated rings. The summed E-state index contributed by atoms with van der Waals surface area (Å²) >= 11 is 0.681. The molecule has 0 saturated carbocycles. The number of methoxy groups -OCH3 is 1. The van der Waals surface area contributed by atoms with Crippen molar-refractivity contribution in [3.63, 3.8) is 0 Å². The summed E-state index contributed by atoms with van der Waals surface area (Å²) in [6.45, 7) is 5.52. The molecule has 9 nitrogen and oxygen atoms in total. The first kappa shape index (κ1) is 37.0. The van der Waals surface area contributed by atoms with Crippen LogP contribution in [-0.4, -0.2) is 83.8 Å². The third kappa shape index (κ3) is 6.54. The number of rotatable bonds is 4. The van der Waals surface area contributed by atoms with Crippen LogP contribution < -0.4 is 15.4 Å². The number of amides is 1. The molecule has 2 aromatic heterocycles. The van der Waals surface area contributed by atoms with Crippen LogP contribution in [0.5, 0.6) is 6.01 Å². The first-order valence-electron chi connectivity index (χ1n) is 16.6. The molecule has 1 amide bonds. The van der Waals surface area contributed by atoms with Crippen molar-refractivity contribution in [3.05, 3.63) is 41.0 Å². The normalized spacial score (nSPS) is 21.4. The smallest absolute Gasteiger partial charge is 0.417 e. The summed E-state index contributed by atoms with van der Waals surface area (Å²) in [4.78, 5) is 26.2. The van der Waals surface area contributed by atoms with E-state index in [-0.39, 0.29) is 49.3 Å². The molecule has 0 aliphatic carbocycles. The van der Waals surface area contributed by atoms with Gasteiger partial charge in [0.15, 0.2) is 5.82 Å². The van der Waals surface area contributed by atoms with E-state index in [2.05, 4.69) is 26.7 Å². The molecule has 5 heterocycles. The van der Waals surface area contributed by atoms with Gasteiger partial charge in [0, 0.05) is 42.5 Å². The maximum Gasteiger partial charge on any atom is 0.417 e. The number of alkyl halides is 4. The molecule has 3 saturated heterocycles. The average molecular weight is 744 g/mol. The van der Waals surface area contributed by atoms with Crippen molar-refractivity contribution >= 4 is 49.1 Å². The molecule has 4 unspecified atom stereocenters. The number of carbonyl (C=O) groups is 1. The van der Waals surface area contributed by atoms with Gasteiger partial charge in [-0.25, -0.2) is 13.2 Å². The highest BCUT2D eigenvalue weighted by Gasteiger charge is 2.41. The summed E-state index contributed by atoms with van der Waals surface area (Å²) in [5.74, 6) is 2.44. The van der Waals surface area contributed by atoms with Gasteiger partial charge in [0.25, 0.3) is 5.91 Å². The number of nitrogens with two attached hydrogens (primary N) is 1. The lowest BCUT2D eigenvalue weighted by molar-refractivity contribution is -0.137. The first-order valence-corrected chi connectivity index (χ1v) is 17.4. The minimum atomic E-state index is -5.09. The van der Waals surface area contributed by atoms with Crippen molar-refractivity contribution in [3.8, 4) is 35.0 Å². The van der Waals surface area contributed by atoms with Crippen LogP contribution in [0.2, 0.25) is 0 Å². The van der Waals surface area contributed by atoms with Gasteiger partial charge in [-0.15, -0.1) is 11.3 Å². The summed E-state index contributed by atoms with van der Waals surface area (Å²) in [5, 5.41) is 9.07. The highest BCUT2D eigenvalue weighted by atomic mass is 32.1. The number of anilines is 2. The van der Waals surface area contributed by atoms with E-state index in [1.807, 2.05) is 0 Å². The monoisotopic (exact) mass is 743 g/mol. The lowest BCUT2D eigenvalue weighted by Gasteiger charge is -2.32. The van der Waals surface area contributed by atoms with Crippen LogP contribution in [0.25, 0.3) is 32.1 Å². The fraction of sp³-hybridized carbons (Fsp3) is 0.444. The van der Waals surface area contributed by atoms with Crippen LogP contribution in [-0.2, 0) is 11.0 Å². The molecule has 2 N–H and O–H groups in total. The Balaban J connectivity index is 0.000000444. The van der Waals surface area contributed by atoms with E-state index in [0.29, 0.717) is 36.9 Å². The highest BCUT2D eigenvalue weighted by molar-refractivity contribution is 7.23. The van der Waals surface area contributed by atoms with Gasteiger partial charge in [-0.05, 0) is 69.7 Å². The lowest BCUT2D eigenvalue weighted by Crippen LogP contribution is -2.44. The molecule has 52 heavy (non-hydrogen) atoms. The van der Waals surface area contributed by atoms with Crippen molar-refractivity contribution < 1.29 is 35.9 Å². The molecule has 0 bridgehead atoms. The number of thiophene rings is 1. The number of hydrogen-bond donors (Lipinski definition) is 1. The molecule has 4 atom stereocenters. The standard InChI is InChI=1S/C29H23F5N6O2S.C7H12FN/c1-5-6-20(41)40-10-9-19(13(40)2)39(3)27-15-11-17(29(32,33)34)22(23(31)24(15)37-28(38-27)42-4)14-7-8-18(30)25-21(14)16(12-35)26(36)43-25;8-6-4-7-2-1-3-9(7)5-6/h7-8,11,13,19H,9-10,36H2,1-4H3;6-7H,1-5H2. The SMILES string of the molecule is CC#CC(=O)N1CCC(N(C)c2nc(OC)nc3c(F)c(-c4ccc(F)c5sc(N)c(C#N)c45)c(C(F)(F)F)cc23)C1C.FC1CC2CCCN2C1. The molecule has 0 radical (unpaired) electrons. The second kappa shape index (κ2) is 14.3. The summed E-state index contributed by atoms with van der Waals surface area (Å²) in [7, 11) is 2.81. The Morgan fingerprint density at radius 3 is 2.60 bits per heavy atom.